The second-order valence-electron chi connectivity index (χ2n) is 3.44. The van der Waals surface area contributed by atoms with E-state index in [2.05, 4.69) is 10.6 Å². The summed E-state index contributed by atoms with van der Waals surface area (Å²) >= 11 is 1.42. The van der Waals surface area contributed by atoms with Crippen LogP contribution in [0.4, 0.5) is 0 Å². The summed E-state index contributed by atoms with van der Waals surface area (Å²) in [6.45, 7) is 4.60. The lowest BCUT2D eigenvalue weighted by Gasteiger charge is -2.04. The predicted molar refractivity (Wildman–Crippen MR) is 64.7 cm³/mol. The molecule has 4 nitrogen and oxygen atoms in total. The van der Waals surface area contributed by atoms with Crippen LogP contribution in [0.25, 0.3) is 0 Å². The van der Waals surface area contributed by atoms with Crippen LogP contribution in [0.5, 0.6) is 0 Å². The molecule has 0 aromatic carbocycles. The van der Waals surface area contributed by atoms with Gasteiger partial charge >= 0.3 is 0 Å². The fraction of sp³-hybridized carbons (Fsp3) is 0.455. The molecule has 88 valence electrons. The molecule has 2 amide bonds. The van der Waals surface area contributed by atoms with E-state index in [0.717, 1.165) is 11.3 Å². The Balaban J connectivity index is 2.33. The Bertz CT molecular complexity index is 374. The number of carbonyl (C=O) groups excluding carboxylic acids is 2. The van der Waals surface area contributed by atoms with Gasteiger partial charge < -0.3 is 10.6 Å². The second kappa shape index (κ2) is 6.27. The summed E-state index contributed by atoms with van der Waals surface area (Å²) in [5, 5.41) is 5.27. The van der Waals surface area contributed by atoms with Crippen molar-refractivity contribution >= 4 is 23.2 Å². The minimum absolute atomic E-state index is 0.0375. The van der Waals surface area contributed by atoms with Crippen LogP contribution < -0.4 is 10.6 Å². The van der Waals surface area contributed by atoms with Crippen LogP contribution in [0.15, 0.2) is 12.1 Å². The molecule has 16 heavy (non-hydrogen) atoms. The Morgan fingerprint density at radius 3 is 2.62 bits per heavy atom. The molecule has 0 aliphatic rings. The molecule has 0 atom stereocenters. The minimum atomic E-state index is -0.190. The van der Waals surface area contributed by atoms with E-state index in [1.54, 1.807) is 6.07 Å². The van der Waals surface area contributed by atoms with Crippen LogP contribution in [0.1, 0.15) is 27.9 Å². The lowest BCUT2D eigenvalue weighted by molar-refractivity contribution is -0.120. The summed E-state index contributed by atoms with van der Waals surface area (Å²) in [7, 11) is 0. The monoisotopic (exact) mass is 240 g/mol. The van der Waals surface area contributed by atoms with Gasteiger partial charge in [-0.1, -0.05) is 6.92 Å². The highest BCUT2D eigenvalue weighted by molar-refractivity contribution is 7.13. The third-order valence-corrected chi connectivity index (χ3v) is 2.95. The molecule has 0 radical (unpaired) electrons. The van der Waals surface area contributed by atoms with Crippen LogP contribution in [0.3, 0.4) is 0 Å². The summed E-state index contributed by atoms with van der Waals surface area (Å²) < 4.78 is 0. The molecular formula is C11H16N2O2S. The maximum absolute atomic E-state index is 11.6. The molecule has 0 unspecified atom stereocenters. The SMILES string of the molecule is CCCNC(=O)CNC(=O)c1ccc(C)s1. The standard InChI is InChI=1S/C11H16N2O2S/c1-3-6-12-10(14)7-13-11(15)9-5-4-8(2)16-9/h4-5H,3,6-7H2,1-2H3,(H,12,14)(H,13,15). The van der Waals surface area contributed by atoms with Gasteiger partial charge in [-0.3, -0.25) is 9.59 Å². The number of hydrogen-bond acceptors (Lipinski definition) is 3. The van der Waals surface area contributed by atoms with Crippen molar-refractivity contribution in [1.82, 2.24) is 10.6 Å². The number of carbonyl (C=O) groups is 2. The summed E-state index contributed by atoms with van der Waals surface area (Å²) in [4.78, 5) is 24.5. The van der Waals surface area contributed by atoms with Crippen molar-refractivity contribution in [2.45, 2.75) is 20.3 Å². The first-order valence-electron chi connectivity index (χ1n) is 5.24. The molecule has 0 fully saturated rings. The molecule has 0 aliphatic heterocycles. The number of amides is 2. The van der Waals surface area contributed by atoms with Gasteiger partial charge in [-0.15, -0.1) is 11.3 Å². The molecule has 5 heteroatoms. The average Bonchev–Trinajstić information content (AvgIpc) is 2.69. The fourth-order valence-corrected chi connectivity index (χ4v) is 1.92. The molecule has 1 aromatic rings. The number of nitrogens with one attached hydrogen (secondary N) is 2. The maximum Gasteiger partial charge on any atom is 0.261 e. The van der Waals surface area contributed by atoms with Gasteiger partial charge in [0, 0.05) is 11.4 Å². The summed E-state index contributed by atoms with van der Waals surface area (Å²) in [6, 6.07) is 3.65. The summed E-state index contributed by atoms with van der Waals surface area (Å²) in [5.41, 5.74) is 0. The van der Waals surface area contributed by atoms with Crippen molar-refractivity contribution in [3.8, 4) is 0 Å². The van der Waals surface area contributed by atoms with Crippen LogP contribution in [0, 0.1) is 6.92 Å². The van der Waals surface area contributed by atoms with E-state index in [1.807, 2.05) is 19.9 Å². The summed E-state index contributed by atoms with van der Waals surface area (Å²) in [6.07, 6.45) is 0.893. The van der Waals surface area contributed by atoms with Crippen molar-refractivity contribution in [1.29, 1.82) is 0 Å². The molecule has 0 spiro atoms. The van der Waals surface area contributed by atoms with E-state index in [1.165, 1.54) is 11.3 Å². The summed E-state index contributed by atoms with van der Waals surface area (Å²) in [5.74, 6) is -0.340. The zero-order valence-corrected chi connectivity index (χ0v) is 10.3. The topological polar surface area (TPSA) is 58.2 Å². The predicted octanol–water partition coefficient (Wildman–Crippen LogP) is 1.31. The normalized spacial score (nSPS) is 9.88. The van der Waals surface area contributed by atoms with Crippen LogP contribution in [0.2, 0.25) is 0 Å². The highest BCUT2D eigenvalue weighted by Crippen LogP contribution is 2.14. The first-order valence-corrected chi connectivity index (χ1v) is 6.06. The van der Waals surface area contributed by atoms with Gasteiger partial charge in [0.25, 0.3) is 5.91 Å². The largest absolute Gasteiger partial charge is 0.355 e. The van der Waals surface area contributed by atoms with Crippen LogP contribution >= 0.6 is 11.3 Å². The van der Waals surface area contributed by atoms with E-state index in [9.17, 15) is 9.59 Å². The first kappa shape index (κ1) is 12.7. The number of rotatable bonds is 5. The van der Waals surface area contributed by atoms with Crippen LogP contribution in [-0.2, 0) is 4.79 Å². The second-order valence-corrected chi connectivity index (χ2v) is 4.73. The van der Waals surface area contributed by atoms with Crippen molar-refractivity contribution in [2.24, 2.45) is 0 Å². The minimum Gasteiger partial charge on any atom is -0.355 e. The van der Waals surface area contributed by atoms with Gasteiger partial charge in [0.05, 0.1) is 11.4 Å². The molecule has 0 saturated heterocycles. The van der Waals surface area contributed by atoms with Crippen molar-refractivity contribution in [2.75, 3.05) is 13.1 Å². The highest BCUT2D eigenvalue weighted by Gasteiger charge is 2.08. The molecule has 1 rings (SSSR count). The molecule has 2 N–H and O–H groups in total. The molecular weight excluding hydrogens is 224 g/mol. The number of thiophene rings is 1. The third kappa shape index (κ3) is 4.02. The Morgan fingerprint density at radius 2 is 2.06 bits per heavy atom. The maximum atomic E-state index is 11.6. The van der Waals surface area contributed by atoms with E-state index in [-0.39, 0.29) is 18.4 Å². The quantitative estimate of drug-likeness (QED) is 0.815. The fourth-order valence-electron chi connectivity index (χ4n) is 1.13. The van der Waals surface area contributed by atoms with Crippen molar-refractivity contribution < 1.29 is 9.59 Å². The molecule has 1 heterocycles. The van der Waals surface area contributed by atoms with E-state index >= 15 is 0 Å². The lowest BCUT2D eigenvalue weighted by Crippen LogP contribution is -2.36. The van der Waals surface area contributed by atoms with Gasteiger partial charge in [0.1, 0.15) is 0 Å². The lowest BCUT2D eigenvalue weighted by atomic mass is 10.4. The van der Waals surface area contributed by atoms with Gasteiger partial charge in [0.15, 0.2) is 0 Å². The Morgan fingerprint density at radius 1 is 1.31 bits per heavy atom. The zero-order chi connectivity index (χ0) is 12.0. The molecule has 0 saturated carbocycles. The number of hydrogen-bond donors (Lipinski definition) is 2. The van der Waals surface area contributed by atoms with Gasteiger partial charge in [-0.25, -0.2) is 0 Å². The van der Waals surface area contributed by atoms with Gasteiger partial charge in [-0.05, 0) is 25.5 Å². The van der Waals surface area contributed by atoms with E-state index in [0.29, 0.717) is 11.4 Å². The zero-order valence-electron chi connectivity index (χ0n) is 9.50. The Labute approximate surface area is 99.0 Å². The van der Waals surface area contributed by atoms with Crippen LogP contribution in [-0.4, -0.2) is 24.9 Å². The Kier molecular flexibility index (Phi) is 4.98. The molecule has 1 aromatic heterocycles. The smallest absolute Gasteiger partial charge is 0.261 e. The third-order valence-electron chi connectivity index (χ3n) is 1.95. The van der Waals surface area contributed by atoms with Gasteiger partial charge in [0.2, 0.25) is 5.91 Å². The van der Waals surface area contributed by atoms with Gasteiger partial charge in [-0.2, -0.15) is 0 Å². The highest BCUT2D eigenvalue weighted by atomic mass is 32.1. The van der Waals surface area contributed by atoms with E-state index < -0.39 is 0 Å². The number of aryl methyl sites for hydroxylation is 1. The Hall–Kier alpha value is -1.36. The first-order chi connectivity index (χ1) is 7.63. The average molecular weight is 240 g/mol. The van der Waals surface area contributed by atoms with E-state index in [4.69, 9.17) is 0 Å². The molecule has 0 aliphatic carbocycles. The van der Waals surface area contributed by atoms with Crippen molar-refractivity contribution in [3.63, 3.8) is 0 Å². The molecule has 0 bridgehead atoms. The van der Waals surface area contributed by atoms with Crippen molar-refractivity contribution in [3.05, 3.63) is 21.9 Å².